The third-order valence-corrected chi connectivity index (χ3v) is 6.75. The molecular formula is C31H31BF4N2O4. The molecule has 0 aliphatic carbocycles. The molecule has 0 amide bonds. The maximum Gasteiger partial charge on any atom is 0.673 e. The van der Waals surface area contributed by atoms with E-state index in [2.05, 4.69) is 64.3 Å². The number of nitrogens with zero attached hydrogens (tertiary/aromatic N) is 2. The van der Waals surface area contributed by atoms with Gasteiger partial charge in [0.05, 0.1) is 28.4 Å². The highest BCUT2D eigenvalue weighted by atomic mass is 19.5. The Morgan fingerprint density at radius 3 is 1.40 bits per heavy atom. The van der Waals surface area contributed by atoms with Crippen molar-refractivity contribution in [2.45, 2.75) is 12.1 Å². The normalized spacial score (nSPS) is 16.2. The minimum absolute atomic E-state index is 0.122. The first kappa shape index (κ1) is 30.3. The predicted molar refractivity (Wildman–Crippen MR) is 156 cm³/mol. The number of ether oxygens (including phenoxy) is 4. The molecule has 1 aliphatic rings. The van der Waals surface area contributed by atoms with Crippen LogP contribution in [-0.2, 0) is 0 Å². The van der Waals surface area contributed by atoms with E-state index in [1.165, 1.54) is 0 Å². The third kappa shape index (κ3) is 6.62. The first-order valence-corrected chi connectivity index (χ1v) is 13.0. The Bertz CT molecular complexity index is 1450. The first-order chi connectivity index (χ1) is 20.2. The summed E-state index contributed by atoms with van der Waals surface area (Å²) in [6.07, 6.45) is 2.11. The van der Waals surface area contributed by atoms with Gasteiger partial charge in [0.2, 0.25) is 17.7 Å². The summed E-state index contributed by atoms with van der Waals surface area (Å²) in [5, 5.41) is 0. The Balaban J connectivity index is 0.000000748. The lowest BCUT2D eigenvalue weighted by Crippen LogP contribution is -2.27. The average molecular weight is 582 g/mol. The zero-order chi connectivity index (χ0) is 30.3. The minimum atomic E-state index is -6.00. The molecule has 42 heavy (non-hydrogen) atoms. The molecule has 0 fully saturated rings. The third-order valence-electron chi connectivity index (χ3n) is 6.75. The molecule has 2 unspecified atom stereocenters. The van der Waals surface area contributed by atoms with E-state index < -0.39 is 7.25 Å². The molecule has 11 heteroatoms. The van der Waals surface area contributed by atoms with Crippen LogP contribution in [0.5, 0.6) is 23.0 Å². The molecule has 5 rings (SSSR count). The number of benzene rings is 4. The Kier molecular flexibility index (Phi) is 9.62. The molecule has 0 spiro atoms. The lowest BCUT2D eigenvalue weighted by Gasteiger charge is -2.26. The Morgan fingerprint density at radius 2 is 0.976 bits per heavy atom. The van der Waals surface area contributed by atoms with Crippen LogP contribution < -0.4 is 23.8 Å². The molecule has 0 saturated carbocycles. The molecule has 1 heterocycles. The van der Waals surface area contributed by atoms with Crippen molar-refractivity contribution >= 4 is 25.0 Å². The van der Waals surface area contributed by atoms with E-state index in [0.29, 0.717) is 0 Å². The monoisotopic (exact) mass is 582 g/mol. The molecule has 4 aromatic carbocycles. The van der Waals surface area contributed by atoms with E-state index in [9.17, 15) is 17.3 Å². The minimum Gasteiger partial charge on any atom is -0.492 e. The lowest BCUT2D eigenvalue weighted by atomic mass is 9.92. The van der Waals surface area contributed by atoms with Gasteiger partial charge in [0.15, 0.2) is 35.1 Å². The van der Waals surface area contributed by atoms with E-state index in [0.717, 1.165) is 45.5 Å². The summed E-state index contributed by atoms with van der Waals surface area (Å²) in [4.78, 5) is 2.23. The number of methoxy groups -OCH3 is 4. The summed E-state index contributed by atoms with van der Waals surface area (Å²) in [5.41, 5.74) is 3.99. The number of para-hydroxylation sites is 2. The van der Waals surface area contributed by atoms with Gasteiger partial charge in [-0.05, 0) is 24.3 Å². The summed E-state index contributed by atoms with van der Waals surface area (Å²) in [7, 11) is 0.728. The van der Waals surface area contributed by atoms with Gasteiger partial charge in [-0.3, -0.25) is 0 Å². The number of rotatable bonds is 8. The maximum absolute atomic E-state index is 9.75. The van der Waals surface area contributed by atoms with Crippen molar-refractivity contribution < 1.29 is 40.8 Å². The Labute approximate surface area is 242 Å². The van der Waals surface area contributed by atoms with Crippen molar-refractivity contribution in [2.24, 2.45) is 0 Å². The van der Waals surface area contributed by atoms with Gasteiger partial charge in [0.25, 0.3) is 0 Å². The second kappa shape index (κ2) is 13.3. The number of hydrogen-bond donors (Lipinski definition) is 0. The van der Waals surface area contributed by atoms with E-state index >= 15 is 0 Å². The van der Waals surface area contributed by atoms with Crippen molar-refractivity contribution in [1.29, 1.82) is 0 Å². The summed E-state index contributed by atoms with van der Waals surface area (Å²) >= 11 is 0. The van der Waals surface area contributed by atoms with Gasteiger partial charge in [0.1, 0.15) is 0 Å². The Morgan fingerprint density at radius 1 is 0.571 bits per heavy atom. The number of halogens is 4. The molecule has 0 saturated heterocycles. The van der Waals surface area contributed by atoms with Gasteiger partial charge in [-0.1, -0.05) is 72.8 Å². The van der Waals surface area contributed by atoms with Crippen molar-refractivity contribution in [3.63, 3.8) is 0 Å². The molecule has 0 aromatic heterocycles. The lowest BCUT2D eigenvalue weighted by molar-refractivity contribution is -0.482. The van der Waals surface area contributed by atoms with Crippen LogP contribution in [0.15, 0.2) is 97.1 Å². The average Bonchev–Trinajstić information content (AvgIpc) is 3.39. The summed E-state index contributed by atoms with van der Waals surface area (Å²) in [6.45, 7) is 0. The highest BCUT2D eigenvalue weighted by Crippen LogP contribution is 2.52. The molecular weight excluding hydrogens is 551 g/mol. The SMILES string of the molecule is COc1cccc(OC)c1N1C=[N+](c2c(OC)cccc2OC)C(c2ccccc2)C1c1ccccc1.F[B-](F)(F)F. The predicted octanol–water partition coefficient (Wildman–Crippen LogP) is 7.70. The molecule has 4 aromatic rings. The van der Waals surface area contributed by atoms with Crippen LogP contribution >= 0.6 is 0 Å². The quantitative estimate of drug-likeness (QED) is 0.121. The van der Waals surface area contributed by atoms with Gasteiger partial charge in [-0.15, -0.1) is 0 Å². The van der Waals surface area contributed by atoms with Gasteiger partial charge in [-0.25, -0.2) is 9.48 Å². The van der Waals surface area contributed by atoms with Crippen LogP contribution in [0.25, 0.3) is 0 Å². The molecule has 1 aliphatic heterocycles. The fourth-order valence-corrected chi connectivity index (χ4v) is 5.13. The molecule has 220 valence electrons. The van der Waals surface area contributed by atoms with Crippen molar-refractivity contribution in [1.82, 2.24) is 0 Å². The fraction of sp³-hybridized carbons (Fsp3) is 0.194. The van der Waals surface area contributed by atoms with Gasteiger partial charge in [0, 0.05) is 11.1 Å². The highest BCUT2D eigenvalue weighted by molar-refractivity contribution is 6.50. The van der Waals surface area contributed by atoms with E-state index in [1.54, 1.807) is 28.4 Å². The van der Waals surface area contributed by atoms with Crippen LogP contribution in [0.3, 0.4) is 0 Å². The van der Waals surface area contributed by atoms with E-state index in [-0.39, 0.29) is 12.1 Å². The van der Waals surface area contributed by atoms with Crippen LogP contribution in [0, 0.1) is 0 Å². The second-order valence-corrected chi connectivity index (χ2v) is 9.16. The molecule has 0 radical (unpaired) electrons. The number of anilines is 1. The van der Waals surface area contributed by atoms with Crippen molar-refractivity contribution in [3.05, 3.63) is 108 Å². The topological polar surface area (TPSA) is 43.2 Å². The van der Waals surface area contributed by atoms with Gasteiger partial charge < -0.3 is 36.2 Å². The molecule has 2 atom stereocenters. The van der Waals surface area contributed by atoms with E-state index in [1.807, 2.05) is 48.5 Å². The number of hydrogen-bond acceptors (Lipinski definition) is 5. The van der Waals surface area contributed by atoms with Gasteiger partial charge in [-0.2, -0.15) is 0 Å². The smallest absolute Gasteiger partial charge is 0.492 e. The van der Waals surface area contributed by atoms with Crippen LogP contribution in [0.1, 0.15) is 23.2 Å². The van der Waals surface area contributed by atoms with Crippen molar-refractivity contribution in [3.8, 4) is 23.0 Å². The standard InChI is InChI=1S/C31H31N2O4.BF4/c1-34-24-17-11-18-25(35-2)30(24)32-21-33(31-26(36-3)19-12-20-27(31)37-4)29(23-15-9-6-10-16-23)28(32)22-13-7-5-8-14-22;2-1(3,4)5/h5-21,28-29H,1-4H3;/q+1;-1. The first-order valence-electron chi connectivity index (χ1n) is 13.0. The largest absolute Gasteiger partial charge is 0.673 e. The Hall–Kier alpha value is -4.67. The molecule has 0 bridgehead atoms. The highest BCUT2D eigenvalue weighted by Gasteiger charge is 2.49. The van der Waals surface area contributed by atoms with Crippen LogP contribution in [0.4, 0.5) is 28.6 Å². The molecule has 6 nitrogen and oxygen atoms in total. The summed E-state index contributed by atoms with van der Waals surface area (Å²) < 4.78 is 64.6. The maximum atomic E-state index is 9.75. The zero-order valence-corrected chi connectivity index (χ0v) is 23.6. The zero-order valence-electron chi connectivity index (χ0n) is 23.6. The van der Waals surface area contributed by atoms with E-state index in [4.69, 9.17) is 18.9 Å². The van der Waals surface area contributed by atoms with Crippen LogP contribution in [-0.4, -0.2) is 46.6 Å². The molecule has 0 N–H and O–H groups in total. The fourth-order valence-electron chi connectivity index (χ4n) is 5.13. The second-order valence-electron chi connectivity index (χ2n) is 9.16. The summed E-state index contributed by atoms with van der Waals surface area (Å²) in [6, 6.07) is 32.4. The van der Waals surface area contributed by atoms with Crippen molar-refractivity contribution in [2.75, 3.05) is 33.3 Å². The van der Waals surface area contributed by atoms with Gasteiger partial charge >= 0.3 is 7.25 Å². The summed E-state index contributed by atoms with van der Waals surface area (Å²) in [5.74, 6) is 2.88. The van der Waals surface area contributed by atoms with Crippen LogP contribution in [0.2, 0.25) is 0 Å².